The molecule has 1 atom stereocenters. The third-order valence-electron chi connectivity index (χ3n) is 4.50. The number of piperidine rings is 1. The van der Waals surface area contributed by atoms with E-state index < -0.39 is 0 Å². The van der Waals surface area contributed by atoms with Gasteiger partial charge < -0.3 is 10.1 Å². The fourth-order valence-corrected chi connectivity index (χ4v) is 3.24. The van der Waals surface area contributed by atoms with E-state index in [9.17, 15) is 9.59 Å². The van der Waals surface area contributed by atoms with Crippen LogP contribution in [0.4, 0.5) is 5.69 Å². The third-order valence-corrected chi connectivity index (χ3v) is 4.50. The second-order valence-corrected chi connectivity index (χ2v) is 6.34. The van der Waals surface area contributed by atoms with Crippen LogP contribution in [0.15, 0.2) is 18.2 Å². The van der Waals surface area contributed by atoms with Crippen LogP contribution in [0, 0.1) is 12.8 Å². The van der Waals surface area contributed by atoms with Crippen molar-refractivity contribution >= 4 is 17.6 Å². The molecule has 5 nitrogen and oxygen atoms in total. The van der Waals surface area contributed by atoms with Crippen LogP contribution in [0.5, 0.6) is 0 Å². The van der Waals surface area contributed by atoms with Crippen molar-refractivity contribution in [3.63, 3.8) is 0 Å². The molecule has 1 aromatic carbocycles. The average Bonchev–Trinajstić information content (AvgIpc) is 2.57. The highest BCUT2D eigenvalue weighted by Gasteiger charge is 2.27. The first-order chi connectivity index (χ1) is 11.5. The summed E-state index contributed by atoms with van der Waals surface area (Å²) in [7, 11) is 0. The summed E-state index contributed by atoms with van der Waals surface area (Å²) in [6.07, 6.45) is 2.64. The van der Waals surface area contributed by atoms with Crippen molar-refractivity contribution in [2.75, 3.05) is 31.6 Å². The average molecular weight is 332 g/mol. The van der Waals surface area contributed by atoms with E-state index in [1.54, 1.807) is 0 Å². The van der Waals surface area contributed by atoms with Crippen molar-refractivity contribution in [1.82, 2.24) is 4.90 Å². The van der Waals surface area contributed by atoms with Crippen molar-refractivity contribution in [1.29, 1.82) is 0 Å². The molecule has 24 heavy (non-hydrogen) atoms. The number of aryl methyl sites for hydroxylation is 2. The van der Waals surface area contributed by atoms with Crippen LogP contribution in [0.2, 0.25) is 0 Å². The summed E-state index contributed by atoms with van der Waals surface area (Å²) in [4.78, 5) is 26.4. The number of hydrogen-bond acceptors (Lipinski definition) is 4. The Morgan fingerprint density at radius 1 is 1.33 bits per heavy atom. The Labute approximate surface area is 144 Å². The first-order valence-corrected chi connectivity index (χ1v) is 8.82. The predicted molar refractivity (Wildman–Crippen MR) is 95.0 cm³/mol. The molecule has 1 aliphatic heterocycles. The lowest BCUT2D eigenvalue weighted by Crippen LogP contribution is -2.43. The number of amides is 1. The maximum atomic E-state index is 12.4. The van der Waals surface area contributed by atoms with Crippen molar-refractivity contribution < 1.29 is 14.3 Å². The van der Waals surface area contributed by atoms with Gasteiger partial charge in [0.15, 0.2) is 0 Å². The molecule has 5 heteroatoms. The first-order valence-electron chi connectivity index (χ1n) is 8.82. The molecular formula is C19H28N2O3. The van der Waals surface area contributed by atoms with Crippen LogP contribution < -0.4 is 5.32 Å². The Kier molecular flexibility index (Phi) is 6.79. The number of para-hydroxylation sites is 1. The van der Waals surface area contributed by atoms with Gasteiger partial charge in [-0.15, -0.1) is 0 Å². The monoisotopic (exact) mass is 332 g/mol. The van der Waals surface area contributed by atoms with E-state index >= 15 is 0 Å². The van der Waals surface area contributed by atoms with Crippen LogP contribution in [-0.2, 0) is 20.7 Å². The molecule has 1 fully saturated rings. The molecule has 1 aromatic rings. The Bertz CT molecular complexity index is 586. The smallest absolute Gasteiger partial charge is 0.310 e. The number of carbonyl (C=O) groups excluding carboxylic acids is 2. The van der Waals surface area contributed by atoms with Gasteiger partial charge in [0, 0.05) is 12.2 Å². The zero-order valence-corrected chi connectivity index (χ0v) is 14.9. The minimum atomic E-state index is -0.144. The number of esters is 1. The van der Waals surface area contributed by atoms with Crippen molar-refractivity contribution in [2.45, 2.75) is 40.0 Å². The summed E-state index contributed by atoms with van der Waals surface area (Å²) in [5.74, 6) is -0.283. The second kappa shape index (κ2) is 8.83. The number of carbonyl (C=O) groups is 2. The molecule has 1 amide bonds. The Balaban J connectivity index is 1.94. The molecule has 0 aromatic heterocycles. The predicted octanol–water partition coefficient (Wildman–Crippen LogP) is 2.77. The Morgan fingerprint density at radius 3 is 2.83 bits per heavy atom. The van der Waals surface area contributed by atoms with E-state index in [0.29, 0.717) is 19.7 Å². The summed E-state index contributed by atoms with van der Waals surface area (Å²) < 4.78 is 5.11. The van der Waals surface area contributed by atoms with Gasteiger partial charge in [-0.2, -0.15) is 0 Å². The number of ether oxygens (including phenoxy) is 1. The molecule has 0 spiro atoms. The maximum Gasteiger partial charge on any atom is 0.310 e. The van der Waals surface area contributed by atoms with Gasteiger partial charge in [0.2, 0.25) is 5.91 Å². The molecule has 1 unspecified atom stereocenters. The van der Waals surface area contributed by atoms with Gasteiger partial charge in [0.05, 0.1) is 19.1 Å². The summed E-state index contributed by atoms with van der Waals surface area (Å²) in [5.41, 5.74) is 3.14. The van der Waals surface area contributed by atoms with Crippen molar-refractivity contribution in [2.24, 2.45) is 5.92 Å². The fourth-order valence-electron chi connectivity index (χ4n) is 3.24. The summed E-state index contributed by atoms with van der Waals surface area (Å²) in [6.45, 7) is 8.07. The van der Waals surface area contributed by atoms with Crippen LogP contribution in [0.25, 0.3) is 0 Å². The second-order valence-electron chi connectivity index (χ2n) is 6.34. The molecule has 1 N–H and O–H groups in total. The molecule has 132 valence electrons. The summed E-state index contributed by atoms with van der Waals surface area (Å²) in [6, 6.07) is 6.06. The standard InChI is InChI=1S/C19H28N2O3/c1-4-15-9-6-8-14(3)18(15)20-17(22)13-21-11-7-10-16(12-21)19(23)24-5-2/h6,8-9,16H,4-5,7,10-13H2,1-3H3,(H,20,22). The summed E-state index contributed by atoms with van der Waals surface area (Å²) in [5, 5.41) is 3.05. The highest BCUT2D eigenvalue weighted by Crippen LogP contribution is 2.22. The Morgan fingerprint density at radius 2 is 2.12 bits per heavy atom. The molecule has 1 heterocycles. The van der Waals surface area contributed by atoms with E-state index in [4.69, 9.17) is 4.74 Å². The van der Waals surface area contributed by atoms with E-state index in [1.807, 2.05) is 36.9 Å². The highest BCUT2D eigenvalue weighted by molar-refractivity contribution is 5.93. The zero-order valence-electron chi connectivity index (χ0n) is 14.9. The van der Waals surface area contributed by atoms with E-state index in [0.717, 1.165) is 42.6 Å². The molecule has 1 aliphatic rings. The van der Waals surface area contributed by atoms with Gasteiger partial charge in [-0.3, -0.25) is 14.5 Å². The molecule has 0 bridgehead atoms. The van der Waals surface area contributed by atoms with Crippen LogP contribution in [-0.4, -0.2) is 43.0 Å². The van der Waals surface area contributed by atoms with Gasteiger partial charge >= 0.3 is 5.97 Å². The lowest BCUT2D eigenvalue weighted by atomic mass is 9.98. The SMILES string of the molecule is CCOC(=O)C1CCCN(CC(=O)Nc2c(C)cccc2CC)C1. The maximum absolute atomic E-state index is 12.4. The quantitative estimate of drug-likeness (QED) is 0.814. The van der Waals surface area contributed by atoms with Crippen LogP contribution in [0.1, 0.15) is 37.8 Å². The number of anilines is 1. The van der Waals surface area contributed by atoms with Crippen molar-refractivity contribution in [3.8, 4) is 0 Å². The minimum absolute atomic E-state index is 0.0245. The van der Waals surface area contributed by atoms with E-state index in [2.05, 4.69) is 12.2 Å². The van der Waals surface area contributed by atoms with Gasteiger partial charge in [0.25, 0.3) is 0 Å². The van der Waals surface area contributed by atoms with Gasteiger partial charge in [-0.1, -0.05) is 25.1 Å². The molecule has 0 saturated carbocycles. The largest absolute Gasteiger partial charge is 0.466 e. The van der Waals surface area contributed by atoms with E-state index in [-0.39, 0.29) is 17.8 Å². The lowest BCUT2D eigenvalue weighted by Gasteiger charge is -2.31. The molecular weight excluding hydrogens is 304 g/mol. The first kappa shape index (κ1) is 18.5. The van der Waals surface area contributed by atoms with Gasteiger partial charge in [0.1, 0.15) is 0 Å². The minimum Gasteiger partial charge on any atom is -0.466 e. The number of nitrogens with zero attached hydrogens (tertiary/aromatic N) is 1. The summed E-state index contributed by atoms with van der Waals surface area (Å²) >= 11 is 0. The number of nitrogens with one attached hydrogen (secondary N) is 1. The zero-order chi connectivity index (χ0) is 17.5. The highest BCUT2D eigenvalue weighted by atomic mass is 16.5. The number of benzene rings is 1. The fraction of sp³-hybridized carbons (Fsp3) is 0.579. The normalized spacial score (nSPS) is 18.2. The van der Waals surface area contributed by atoms with Gasteiger partial charge in [-0.25, -0.2) is 0 Å². The molecule has 0 radical (unpaired) electrons. The molecule has 1 saturated heterocycles. The Hall–Kier alpha value is -1.88. The number of rotatable bonds is 6. The van der Waals surface area contributed by atoms with Gasteiger partial charge in [-0.05, 0) is 50.8 Å². The topological polar surface area (TPSA) is 58.6 Å². The van der Waals surface area contributed by atoms with E-state index in [1.165, 1.54) is 0 Å². The van der Waals surface area contributed by atoms with Crippen LogP contribution in [0.3, 0.4) is 0 Å². The molecule has 2 rings (SSSR count). The number of likely N-dealkylation sites (tertiary alicyclic amines) is 1. The third kappa shape index (κ3) is 4.81. The lowest BCUT2D eigenvalue weighted by molar-refractivity contribution is -0.150. The van der Waals surface area contributed by atoms with Crippen LogP contribution >= 0.6 is 0 Å². The number of hydrogen-bond donors (Lipinski definition) is 1. The van der Waals surface area contributed by atoms with Crippen molar-refractivity contribution in [3.05, 3.63) is 29.3 Å². The molecule has 0 aliphatic carbocycles.